The van der Waals surface area contributed by atoms with Gasteiger partial charge >= 0.3 is 18.0 Å². The number of amides is 1. The number of hydrogen-bond donors (Lipinski definition) is 1. The molecule has 2 fully saturated rings. The summed E-state index contributed by atoms with van der Waals surface area (Å²) in [6.07, 6.45) is 32.8. The Morgan fingerprint density at radius 1 is 0.541 bits per heavy atom. The number of likely N-dealkylation sites (tertiary alicyclic amines) is 2. The third-order valence-electron chi connectivity index (χ3n) is 13.7. The number of unbranched alkanes of at least 4 members (excludes halogenated alkanes) is 16. The second-order valence-corrected chi connectivity index (χ2v) is 20.3. The predicted molar refractivity (Wildman–Crippen MR) is 254 cm³/mol. The Hall–Kier alpha value is -1.87. The van der Waals surface area contributed by atoms with Crippen molar-refractivity contribution in [2.24, 2.45) is 17.3 Å². The molecule has 2 heterocycles. The van der Waals surface area contributed by atoms with Crippen LogP contribution < -0.4 is 5.32 Å². The summed E-state index contributed by atoms with van der Waals surface area (Å²) in [7, 11) is 0. The van der Waals surface area contributed by atoms with E-state index in [9.17, 15) is 14.4 Å². The Balaban J connectivity index is 2.06. The van der Waals surface area contributed by atoms with Crippen LogP contribution in [0.15, 0.2) is 0 Å². The van der Waals surface area contributed by atoms with Gasteiger partial charge in [-0.25, -0.2) is 4.79 Å². The molecule has 1 amide bonds. The Morgan fingerprint density at radius 3 is 1.30 bits per heavy atom. The van der Waals surface area contributed by atoms with Gasteiger partial charge < -0.3 is 24.4 Å². The zero-order valence-electron chi connectivity index (χ0n) is 41.2. The molecule has 61 heavy (non-hydrogen) atoms. The molecule has 0 saturated carbocycles. The molecule has 2 aliphatic rings. The van der Waals surface area contributed by atoms with Crippen molar-refractivity contribution >= 4 is 18.0 Å². The molecule has 2 saturated heterocycles. The molecule has 0 aliphatic carbocycles. The lowest BCUT2D eigenvalue weighted by atomic mass is 9.71. The summed E-state index contributed by atoms with van der Waals surface area (Å²) in [6.45, 7) is 20.9. The molecule has 0 radical (unpaired) electrons. The first-order valence-electron chi connectivity index (χ1n) is 26.2. The van der Waals surface area contributed by atoms with Crippen molar-refractivity contribution in [1.82, 2.24) is 15.1 Å². The summed E-state index contributed by atoms with van der Waals surface area (Å²) in [5, 5.41) is 2.90. The maximum absolute atomic E-state index is 13.9. The Labute approximate surface area is 376 Å². The average molecular weight is 862 g/mol. The predicted octanol–water partition coefficient (Wildman–Crippen LogP) is 13.2. The number of esters is 2. The van der Waals surface area contributed by atoms with Gasteiger partial charge in [-0.15, -0.1) is 0 Å². The molecular formula is C52H99N3O6. The second kappa shape index (κ2) is 33.6. The van der Waals surface area contributed by atoms with E-state index in [0.717, 1.165) is 103 Å². The monoisotopic (exact) mass is 862 g/mol. The van der Waals surface area contributed by atoms with Gasteiger partial charge in [0.1, 0.15) is 18.8 Å². The van der Waals surface area contributed by atoms with E-state index in [1.54, 1.807) is 0 Å². The summed E-state index contributed by atoms with van der Waals surface area (Å²) in [5.41, 5.74) is -0.149. The lowest BCUT2D eigenvalue weighted by molar-refractivity contribution is -0.156. The van der Waals surface area contributed by atoms with Gasteiger partial charge in [-0.3, -0.25) is 14.5 Å². The SMILES string of the molecule is CCCCCCCC(CCCCCCC)C(=O)OCC(COC(=O)C(CCCCCCC)CCCCCCC)N1CCC2(CCN(CCCNC(=O)OC(C)(C)C)CC2)CC1. The van der Waals surface area contributed by atoms with Crippen molar-refractivity contribution < 1.29 is 28.6 Å². The molecule has 9 heteroatoms. The van der Waals surface area contributed by atoms with Crippen LogP contribution in [0.1, 0.15) is 235 Å². The number of carbonyl (C=O) groups is 3. The quantitative estimate of drug-likeness (QED) is 0.0382. The highest BCUT2D eigenvalue weighted by Crippen LogP contribution is 2.42. The number of rotatable bonds is 35. The number of nitrogens with zero attached hydrogens (tertiary/aromatic N) is 2. The summed E-state index contributed by atoms with van der Waals surface area (Å²) in [4.78, 5) is 44.8. The summed E-state index contributed by atoms with van der Waals surface area (Å²) < 4.78 is 18.0. The highest BCUT2D eigenvalue weighted by Gasteiger charge is 2.39. The number of nitrogens with one attached hydrogen (secondary N) is 1. The van der Waals surface area contributed by atoms with E-state index in [-0.39, 0.29) is 35.9 Å². The van der Waals surface area contributed by atoms with Crippen molar-refractivity contribution in [2.75, 3.05) is 52.5 Å². The van der Waals surface area contributed by atoms with Crippen molar-refractivity contribution in [1.29, 1.82) is 0 Å². The van der Waals surface area contributed by atoms with E-state index in [4.69, 9.17) is 14.2 Å². The summed E-state index contributed by atoms with van der Waals surface area (Å²) in [5.74, 6) is -0.165. The van der Waals surface area contributed by atoms with Crippen molar-refractivity contribution in [3.63, 3.8) is 0 Å². The smallest absolute Gasteiger partial charge is 0.407 e. The zero-order valence-corrected chi connectivity index (χ0v) is 41.2. The fourth-order valence-electron chi connectivity index (χ4n) is 9.51. The molecule has 358 valence electrons. The van der Waals surface area contributed by atoms with Gasteiger partial charge in [0.05, 0.1) is 17.9 Å². The van der Waals surface area contributed by atoms with E-state index >= 15 is 0 Å². The van der Waals surface area contributed by atoms with Gasteiger partial charge in [0.25, 0.3) is 0 Å². The van der Waals surface area contributed by atoms with Crippen LogP contribution in [-0.4, -0.2) is 92.0 Å². The molecule has 0 atom stereocenters. The van der Waals surface area contributed by atoms with Crippen LogP contribution in [0.2, 0.25) is 0 Å². The van der Waals surface area contributed by atoms with Crippen LogP contribution in [-0.2, 0) is 23.8 Å². The van der Waals surface area contributed by atoms with Gasteiger partial charge in [-0.05, 0) is 117 Å². The first kappa shape index (κ1) is 55.3. The van der Waals surface area contributed by atoms with Crippen LogP contribution in [0.4, 0.5) is 4.79 Å². The van der Waals surface area contributed by atoms with Gasteiger partial charge in [-0.1, -0.05) is 156 Å². The number of ether oxygens (including phenoxy) is 3. The lowest BCUT2D eigenvalue weighted by Crippen LogP contribution is -2.52. The fraction of sp³-hybridized carbons (Fsp3) is 0.942. The highest BCUT2D eigenvalue weighted by atomic mass is 16.6. The van der Waals surface area contributed by atoms with E-state index in [2.05, 4.69) is 42.8 Å². The maximum Gasteiger partial charge on any atom is 0.407 e. The molecule has 0 aromatic carbocycles. The molecule has 0 bridgehead atoms. The van der Waals surface area contributed by atoms with E-state index in [1.807, 2.05) is 20.8 Å². The van der Waals surface area contributed by atoms with Gasteiger partial charge in [0, 0.05) is 6.54 Å². The minimum absolute atomic E-state index is 0.0403. The third kappa shape index (κ3) is 25.9. The standard InChI is InChI=1S/C52H99N3O6/c1-8-12-16-20-24-29-45(30-25-21-17-13-9-2)48(56)59-43-47(44-60-49(57)46(31-26-22-18-14-10-3)32-27-23-19-15-11-4)55-41-35-52(36-42-55)33-39-54(40-34-52)38-28-37-53-50(58)61-51(5,6)7/h45-47H,8-44H2,1-7H3,(H,53,58). The molecule has 0 aromatic rings. The van der Waals surface area contributed by atoms with Crippen LogP contribution >= 0.6 is 0 Å². The molecular weight excluding hydrogens is 763 g/mol. The largest absolute Gasteiger partial charge is 0.464 e. The average Bonchev–Trinajstić information content (AvgIpc) is 3.23. The number of alkyl carbamates (subject to hydrolysis) is 1. The Morgan fingerprint density at radius 2 is 0.918 bits per heavy atom. The summed E-state index contributed by atoms with van der Waals surface area (Å²) >= 11 is 0. The van der Waals surface area contributed by atoms with Crippen molar-refractivity contribution in [2.45, 2.75) is 246 Å². The Kier molecular flexibility index (Phi) is 30.5. The van der Waals surface area contributed by atoms with Crippen LogP contribution in [0.5, 0.6) is 0 Å². The van der Waals surface area contributed by atoms with Crippen LogP contribution in [0, 0.1) is 17.3 Å². The minimum Gasteiger partial charge on any atom is -0.464 e. The topological polar surface area (TPSA) is 97.4 Å². The first-order chi connectivity index (χ1) is 29.5. The summed E-state index contributed by atoms with van der Waals surface area (Å²) in [6, 6.07) is -0.118. The van der Waals surface area contributed by atoms with Crippen LogP contribution in [0.25, 0.3) is 0 Å². The van der Waals surface area contributed by atoms with E-state index < -0.39 is 5.60 Å². The number of hydrogen-bond acceptors (Lipinski definition) is 8. The maximum atomic E-state index is 13.9. The van der Waals surface area contributed by atoms with E-state index in [0.29, 0.717) is 25.2 Å². The highest BCUT2D eigenvalue weighted by molar-refractivity contribution is 5.73. The molecule has 1 N–H and O–H groups in total. The Bertz CT molecular complexity index is 1030. The lowest BCUT2D eigenvalue weighted by Gasteiger charge is -2.48. The molecule has 2 rings (SSSR count). The van der Waals surface area contributed by atoms with Crippen molar-refractivity contribution in [3.05, 3.63) is 0 Å². The minimum atomic E-state index is -0.483. The first-order valence-corrected chi connectivity index (χ1v) is 26.2. The van der Waals surface area contributed by atoms with Crippen LogP contribution in [0.3, 0.4) is 0 Å². The molecule has 2 aliphatic heterocycles. The second-order valence-electron chi connectivity index (χ2n) is 20.3. The van der Waals surface area contributed by atoms with Gasteiger partial charge in [0.15, 0.2) is 0 Å². The molecule has 0 aromatic heterocycles. The number of carbonyl (C=O) groups excluding carboxylic acids is 3. The molecule has 0 unspecified atom stereocenters. The fourth-order valence-corrected chi connectivity index (χ4v) is 9.51. The van der Waals surface area contributed by atoms with Gasteiger partial charge in [-0.2, -0.15) is 0 Å². The van der Waals surface area contributed by atoms with E-state index in [1.165, 1.54) is 116 Å². The zero-order chi connectivity index (χ0) is 44.6. The molecule has 9 nitrogen and oxygen atoms in total. The van der Waals surface area contributed by atoms with Gasteiger partial charge in [0.2, 0.25) is 0 Å². The third-order valence-corrected chi connectivity index (χ3v) is 13.7. The molecule has 1 spiro atoms. The van der Waals surface area contributed by atoms with Crippen molar-refractivity contribution in [3.8, 4) is 0 Å². The number of piperidine rings is 2. The normalized spacial score (nSPS) is 16.2.